The molecule has 0 saturated carbocycles. The van der Waals surface area contributed by atoms with Gasteiger partial charge in [0.2, 0.25) is 15.9 Å². The Kier molecular flexibility index (Phi) is 4.95. The van der Waals surface area contributed by atoms with Crippen LogP contribution >= 0.6 is 0 Å². The number of furan rings is 1. The van der Waals surface area contributed by atoms with Crippen LogP contribution < -0.4 is 5.32 Å². The lowest BCUT2D eigenvalue weighted by molar-refractivity contribution is -0.115. The molecule has 1 N–H and O–H groups in total. The summed E-state index contributed by atoms with van der Waals surface area (Å²) in [5.41, 5.74) is 3.25. The summed E-state index contributed by atoms with van der Waals surface area (Å²) in [7, 11) is -3.44. The smallest absolute Gasteiger partial charge is 0.243 e. The summed E-state index contributed by atoms with van der Waals surface area (Å²) in [5.74, 6) is -0.182. The number of fused-ring (bicyclic) bond motifs is 1. The van der Waals surface area contributed by atoms with Gasteiger partial charge in [-0.25, -0.2) is 8.42 Å². The molecular formula is C21H22N2O4S. The Morgan fingerprint density at radius 2 is 1.82 bits per heavy atom. The molecule has 2 aromatic carbocycles. The molecule has 1 aromatic heterocycles. The third-order valence-electron chi connectivity index (χ3n) is 5.00. The fourth-order valence-corrected chi connectivity index (χ4v) is 5.01. The van der Waals surface area contributed by atoms with Crippen molar-refractivity contribution in [2.75, 3.05) is 18.4 Å². The fourth-order valence-electron chi connectivity index (χ4n) is 3.49. The number of rotatable bonds is 5. The second kappa shape index (κ2) is 7.41. The molecule has 4 rings (SSSR count). The zero-order chi connectivity index (χ0) is 19.7. The first-order valence-corrected chi connectivity index (χ1v) is 10.7. The molecule has 1 amide bonds. The Morgan fingerprint density at radius 1 is 1.11 bits per heavy atom. The average Bonchev–Trinajstić information content (AvgIpc) is 3.33. The normalized spacial score (nSPS) is 15.2. The highest BCUT2D eigenvalue weighted by atomic mass is 32.2. The van der Waals surface area contributed by atoms with Gasteiger partial charge in [-0.05, 0) is 55.7 Å². The van der Waals surface area contributed by atoms with Crippen molar-refractivity contribution in [3.05, 3.63) is 59.9 Å². The molecule has 1 saturated heterocycles. The van der Waals surface area contributed by atoms with E-state index in [0.29, 0.717) is 18.8 Å². The van der Waals surface area contributed by atoms with E-state index in [1.165, 1.54) is 4.31 Å². The molecule has 1 aliphatic rings. The van der Waals surface area contributed by atoms with Crippen molar-refractivity contribution in [1.29, 1.82) is 0 Å². The summed E-state index contributed by atoms with van der Waals surface area (Å²) in [4.78, 5) is 12.7. The van der Waals surface area contributed by atoms with Crippen molar-refractivity contribution in [2.24, 2.45) is 0 Å². The molecule has 0 radical (unpaired) electrons. The van der Waals surface area contributed by atoms with Crippen molar-refractivity contribution in [3.63, 3.8) is 0 Å². The van der Waals surface area contributed by atoms with E-state index >= 15 is 0 Å². The van der Waals surface area contributed by atoms with Gasteiger partial charge < -0.3 is 9.73 Å². The standard InChI is InChI=1S/C21H22N2O4S/c1-15-4-9-19-16(14-27-20(19)12-15)13-21(24)22-17-5-7-18(8-6-17)28(25,26)23-10-2-3-11-23/h4-9,12,14H,2-3,10-11,13H2,1H3,(H,22,24). The van der Waals surface area contributed by atoms with Crippen LogP contribution in [0.25, 0.3) is 11.0 Å². The molecule has 0 unspecified atom stereocenters. The van der Waals surface area contributed by atoms with Crippen LogP contribution in [0.15, 0.2) is 58.0 Å². The van der Waals surface area contributed by atoms with Crippen LogP contribution in [0.1, 0.15) is 24.0 Å². The van der Waals surface area contributed by atoms with Gasteiger partial charge in [0.1, 0.15) is 5.58 Å². The summed E-state index contributed by atoms with van der Waals surface area (Å²) in [6.45, 7) is 3.12. The molecule has 0 spiro atoms. The minimum Gasteiger partial charge on any atom is -0.464 e. The molecule has 3 aromatic rings. The first-order valence-electron chi connectivity index (χ1n) is 9.30. The Labute approximate surface area is 164 Å². The van der Waals surface area contributed by atoms with Gasteiger partial charge in [0.25, 0.3) is 0 Å². The lowest BCUT2D eigenvalue weighted by Gasteiger charge is -2.15. The summed E-state index contributed by atoms with van der Waals surface area (Å²) in [5, 5.41) is 3.74. The number of benzene rings is 2. The van der Waals surface area contributed by atoms with E-state index in [1.807, 2.05) is 25.1 Å². The van der Waals surface area contributed by atoms with Crippen LogP contribution in [0.3, 0.4) is 0 Å². The molecule has 7 heteroatoms. The molecule has 1 fully saturated rings. The Morgan fingerprint density at radius 3 is 2.54 bits per heavy atom. The van der Waals surface area contributed by atoms with Crippen LogP contribution in [-0.4, -0.2) is 31.7 Å². The number of aryl methyl sites for hydroxylation is 1. The lowest BCUT2D eigenvalue weighted by atomic mass is 10.1. The Balaban J connectivity index is 1.44. The zero-order valence-corrected chi connectivity index (χ0v) is 16.5. The molecule has 0 bridgehead atoms. The van der Waals surface area contributed by atoms with Crippen molar-refractivity contribution in [2.45, 2.75) is 31.1 Å². The second-order valence-corrected chi connectivity index (χ2v) is 9.06. The van der Waals surface area contributed by atoms with Crippen LogP contribution in [-0.2, 0) is 21.2 Å². The molecule has 6 nitrogen and oxygen atoms in total. The zero-order valence-electron chi connectivity index (χ0n) is 15.6. The number of carbonyl (C=O) groups is 1. The maximum Gasteiger partial charge on any atom is 0.243 e. The summed E-state index contributed by atoms with van der Waals surface area (Å²) < 4.78 is 32.1. The van der Waals surface area contributed by atoms with E-state index in [-0.39, 0.29) is 17.2 Å². The number of amides is 1. The lowest BCUT2D eigenvalue weighted by Crippen LogP contribution is -2.27. The highest BCUT2D eigenvalue weighted by Gasteiger charge is 2.26. The molecule has 28 heavy (non-hydrogen) atoms. The van der Waals surface area contributed by atoms with Crippen molar-refractivity contribution in [1.82, 2.24) is 4.31 Å². The van der Waals surface area contributed by atoms with E-state index in [9.17, 15) is 13.2 Å². The molecule has 146 valence electrons. The van der Waals surface area contributed by atoms with Gasteiger partial charge >= 0.3 is 0 Å². The number of nitrogens with one attached hydrogen (secondary N) is 1. The first kappa shape index (κ1) is 18.7. The monoisotopic (exact) mass is 398 g/mol. The summed E-state index contributed by atoms with van der Waals surface area (Å²) in [6, 6.07) is 12.2. The maximum absolute atomic E-state index is 12.6. The predicted molar refractivity (Wildman–Crippen MR) is 108 cm³/mol. The topological polar surface area (TPSA) is 79.6 Å². The maximum atomic E-state index is 12.6. The average molecular weight is 398 g/mol. The number of nitrogens with zero attached hydrogens (tertiary/aromatic N) is 1. The van der Waals surface area contributed by atoms with E-state index < -0.39 is 10.0 Å². The third-order valence-corrected chi connectivity index (χ3v) is 6.92. The van der Waals surface area contributed by atoms with Crippen LogP contribution in [0, 0.1) is 6.92 Å². The van der Waals surface area contributed by atoms with Crippen LogP contribution in [0.4, 0.5) is 5.69 Å². The van der Waals surface area contributed by atoms with E-state index in [1.54, 1.807) is 30.5 Å². The third kappa shape index (κ3) is 3.68. The number of sulfonamides is 1. The van der Waals surface area contributed by atoms with Crippen molar-refractivity contribution < 1.29 is 17.6 Å². The van der Waals surface area contributed by atoms with Gasteiger partial charge in [-0.15, -0.1) is 0 Å². The first-order chi connectivity index (χ1) is 13.4. The highest BCUT2D eigenvalue weighted by Crippen LogP contribution is 2.24. The molecule has 1 aliphatic heterocycles. The van der Waals surface area contributed by atoms with Crippen molar-refractivity contribution >= 4 is 32.6 Å². The quantitative estimate of drug-likeness (QED) is 0.711. The van der Waals surface area contributed by atoms with Gasteiger partial charge in [0.05, 0.1) is 17.6 Å². The van der Waals surface area contributed by atoms with Gasteiger partial charge in [-0.2, -0.15) is 4.31 Å². The van der Waals surface area contributed by atoms with E-state index in [4.69, 9.17) is 4.42 Å². The van der Waals surface area contributed by atoms with E-state index in [2.05, 4.69) is 5.32 Å². The number of anilines is 1. The van der Waals surface area contributed by atoms with Crippen molar-refractivity contribution in [3.8, 4) is 0 Å². The van der Waals surface area contributed by atoms with Gasteiger partial charge in [-0.1, -0.05) is 12.1 Å². The minimum absolute atomic E-state index is 0.182. The largest absolute Gasteiger partial charge is 0.464 e. The minimum atomic E-state index is -3.44. The Bertz CT molecular complexity index is 1110. The molecule has 0 atom stereocenters. The number of hydrogen-bond acceptors (Lipinski definition) is 4. The number of hydrogen-bond donors (Lipinski definition) is 1. The molecule has 2 heterocycles. The molecule has 0 aliphatic carbocycles. The second-order valence-electron chi connectivity index (χ2n) is 7.12. The Hall–Kier alpha value is -2.64. The predicted octanol–water partition coefficient (Wildman–Crippen LogP) is 3.71. The van der Waals surface area contributed by atoms with Gasteiger partial charge in [0.15, 0.2) is 0 Å². The van der Waals surface area contributed by atoms with Gasteiger partial charge in [0, 0.05) is 29.7 Å². The van der Waals surface area contributed by atoms with Gasteiger partial charge in [-0.3, -0.25) is 4.79 Å². The highest BCUT2D eigenvalue weighted by molar-refractivity contribution is 7.89. The number of carbonyl (C=O) groups excluding carboxylic acids is 1. The van der Waals surface area contributed by atoms with E-state index in [0.717, 1.165) is 34.9 Å². The van der Waals surface area contributed by atoms with Crippen LogP contribution in [0.5, 0.6) is 0 Å². The SMILES string of the molecule is Cc1ccc2c(CC(=O)Nc3ccc(S(=O)(=O)N4CCCC4)cc3)coc2c1. The fraction of sp³-hybridized carbons (Fsp3) is 0.286. The summed E-state index contributed by atoms with van der Waals surface area (Å²) in [6.07, 6.45) is 3.59. The summed E-state index contributed by atoms with van der Waals surface area (Å²) >= 11 is 0. The molecular weight excluding hydrogens is 376 g/mol. The van der Waals surface area contributed by atoms with Crippen LogP contribution in [0.2, 0.25) is 0 Å².